The first-order valence-corrected chi connectivity index (χ1v) is 10.3. The zero-order valence-electron chi connectivity index (χ0n) is 15.8. The van der Waals surface area contributed by atoms with E-state index in [1.807, 2.05) is 0 Å². The van der Waals surface area contributed by atoms with Gasteiger partial charge in [-0.1, -0.05) is 6.07 Å². The van der Waals surface area contributed by atoms with Crippen molar-refractivity contribution in [2.45, 2.75) is 56.6 Å². The van der Waals surface area contributed by atoms with Crippen LogP contribution in [-0.2, 0) is 26.7 Å². The molecule has 1 amide bonds. The fraction of sp³-hybridized carbons (Fsp3) is 0.611. The fourth-order valence-electron chi connectivity index (χ4n) is 3.37. The van der Waals surface area contributed by atoms with Crippen molar-refractivity contribution in [3.8, 4) is 5.75 Å². The monoisotopic (exact) mass is 421 g/mol. The number of fused-ring (bicyclic) bond motifs is 2. The van der Waals surface area contributed by atoms with Gasteiger partial charge in [0.25, 0.3) is 0 Å². The number of ether oxygens (including phenoxy) is 1. The zero-order chi connectivity index (χ0) is 21.0. The van der Waals surface area contributed by atoms with Crippen molar-refractivity contribution in [3.63, 3.8) is 0 Å². The van der Waals surface area contributed by atoms with Crippen LogP contribution in [0, 0.1) is 0 Å². The SMILES string of the molecule is CC(C)(C)OC(=O)N1CCc2cc(OS(=O)(=O)C(F)(F)F)ccc2C2(CC2)C1. The van der Waals surface area contributed by atoms with Gasteiger partial charge in [0.05, 0.1) is 0 Å². The number of rotatable bonds is 2. The van der Waals surface area contributed by atoms with Crippen molar-refractivity contribution >= 4 is 16.2 Å². The second kappa shape index (κ2) is 6.53. The van der Waals surface area contributed by atoms with Crippen LogP contribution in [0.1, 0.15) is 44.7 Å². The lowest BCUT2D eigenvalue weighted by Crippen LogP contribution is -2.40. The van der Waals surface area contributed by atoms with Gasteiger partial charge in [-0.3, -0.25) is 0 Å². The lowest BCUT2D eigenvalue weighted by molar-refractivity contribution is -0.0500. The molecule has 10 heteroatoms. The number of carbonyl (C=O) groups excluding carboxylic acids is 1. The van der Waals surface area contributed by atoms with Crippen LogP contribution in [-0.4, -0.2) is 43.6 Å². The van der Waals surface area contributed by atoms with E-state index in [0.29, 0.717) is 25.1 Å². The first-order valence-electron chi connectivity index (χ1n) is 8.85. The van der Waals surface area contributed by atoms with Crippen LogP contribution in [0.25, 0.3) is 0 Å². The third kappa shape index (κ3) is 4.21. The molecule has 0 radical (unpaired) electrons. The maximum Gasteiger partial charge on any atom is 0.534 e. The molecule has 0 saturated heterocycles. The number of nitrogens with zero attached hydrogens (tertiary/aromatic N) is 1. The second-order valence-corrected chi connectivity index (χ2v) is 9.77. The summed E-state index contributed by atoms with van der Waals surface area (Å²) < 4.78 is 69.9. The summed E-state index contributed by atoms with van der Waals surface area (Å²) in [5.41, 5.74) is -4.82. The molecule has 1 aliphatic heterocycles. The van der Waals surface area contributed by atoms with E-state index in [1.165, 1.54) is 12.1 Å². The Morgan fingerprint density at radius 3 is 2.36 bits per heavy atom. The predicted molar refractivity (Wildman–Crippen MR) is 94.5 cm³/mol. The third-order valence-electron chi connectivity index (χ3n) is 4.79. The molecule has 0 N–H and O–H groups in total. The molecule has 2 aliphatic rings. The highest BCUT2D eigenvalue weighted by Crippen LogP contribution is 2.51. The highest BCUT2D eigenvalue weighted by molar-refractivity contribution is 7.88. The molecule has 6 nitrogen and oxygen atoms in total. The summed E-state index contributed by atoms with van der Waals surface area (Å²) in [6.45, 7) is 6.09. The molecule has 0 unspecified atom stereocenters. The number of halogens is 3. The predicted octanol–water partition coefficient (Wildman–Crippen LogP) is 3.74. The van der Waals surface area contributed by atoms with Crippen LogP contribution < -0.4 is 4.18 Å². The van der Waals surface area contributed by atoms with Gasteiger partial charge in [0, 0.05) is 18.5 Å². The highest BCUT2D eigenvalue weighted by Gasteiger charge is 2.50. The van der Waals surface area contributed by atoms with Gasteiger partial charge in [0.2, 0.25) is 0 Å². The summed E-state index contributed by atoms with van der Waals surface area (Å²) in [6.07, 6.45) is 1.59. The standard InChI is InChI=1S/C18H22F3NO5S/c1-16(2,3)26-15(23)22-9-6-12-10-13(27-28(24,25)18(19,20)21)4-5-14(12)17(11-22)7-8-17/h4-5,10H,6-9,11H2,1-3H3. The number of amides is 1. The van der Waals surface area contributed by atoms with E-state index < -0.39 is 33.1 Å². The molecule has 0 bridgehead atoms. The van der Waals surface area contributed by atoms with Gasteiger partial charge in [-0.05, 0) is 63.3 Å². The fourth-order valence-corrected chi connectivity index (χ4v) is 3.82. The molecular formula is C18H22F3NO5S. The minimum atomic E-state index is -5.73. The van der Waals surface area contributed by atoms with Gasteiger partial charge in [0.1, 0.15) is 11.4 Å². The Labute approximate surface area is 161 Å². The van der Waals surface area contributed by atoms with Crippen molar-refractivity contribution in [2.75, 3.05) is 13.1 Å². The smallest absolute Gasteiger partial charge is 0.444 e. The Kier molecular flexibility index (Phi) is 4.84. The average molecular weight is 421 g/mol. The topological polar surface area (TPSA) is 72.9 Å². The second-order valence-electron chi connectivity index (χ2n) is 8.23. The maximum atomic E-state index is 12.6. The average Bonchev–Trinajstić information content (AvgIpc) is 3.30. The van der Waals surface area contributed by atoms with Gasteiger partial charge >= 0.3 is 21.7 Å². The minimum absolute atomic E-state index is 0.274. The summed E-state index contributed by atoms with van der Waals surface area (Å²) in [6, 6.07) is 4.14. The molecule has 0 atom stereocenters. The number of benzene rings is 1. The maximum absolute atomic E-state index is 12.6. The van der Waals surface area contributed by atoms with E-state index in [-0.39, 0.29) is 5.41 Å². The third-order valence-corrected chi connectivity index (χ3v) is 5.77. The summed E-state index contributed by atoms with van der Waals surface area (Å²) in [4.78, 5) is 14.1. The summed E-state index contributed by atoms with van der Waals surface area (Å²) in [5.74, 6) is -0.391. The Hall–Kier alpha value is -1.97. The van der Waals surface area contributed by atoms with Crippen LogP contribution in [0.5, 0.6) is 5.75 Å². The van der Waals surface area contributed by atoms with Crippen molar-refractivity contribution in [3.05, 3.63) is 29.3 Å². The molecule has 1 aromatic rings. The molecule has 1 aliphatic carbocycles. The molecule has 1 aromatic carbocycles. The van der Waals surface area contributed by atoms with Crippen molar-refractivity contribution in [1.82, 2.24) is 4.90 Å². The van der Waals surface area contributed by atoms with Gasteiger partial charge < -0.3 is 13.8 Å². The summed E-state index contributed by atoms with van der Waals surface area (Å²) in [7, 11) is -5.73. The zero-order valence-corrected chi connectivity index (χ0v) is 16.6. The Morgan fingerprint density at radius 2 is 1.82 bits per heavy atom. The molecule has 3 rings (SSSR count). The van der Waals surface area contributed by atoms with Crippen molar-refractivity contribution in [2.24, 2.45) is 0 Å². The normalized spacial score (nSPS) is 19.0. The number of hydrogen-bond acceptors (Lipinski definition) is 5. The molecule has 28 heavy (non-hydrogen) atoms. The van der Waals surface area contributed by atoms with Crippen LogP contribution in [0.2, 0.25) is 0 Å². The number of carbonyl (C=O) groups is 1. The van der Waals surface area contributed by atoms with Gasteiger partial charge in [-0.15, -0.1) is 0 Å². The van der Waals surface area contributed by atoms with Gasteiger partial charge in [-0.2, -0.15) is 21.6 Å². The molecule has 156 valence electrons. The molecule has 1 heterocycles. The van der Waals surface area contributed by atoms with Crippen molar-refractivity contribution < 1.29 is 35.3 Å². The van der Waals surface area contributed by atoms with Crippen LogP contribution in [0.15, 0.2) is 18.2 Å². The molecule has 1 fully saturated rings. The van der Waals surface area contributed by atoms with Gasteiger partial charge in [0.15, 0.2) is 0 Å². The molecular weight excluding hydrogens is 399 g/mol. The van der Waals surface area contributed by atoms with Crippen molar-refractivity contribution in [1.29, 1.82) is 0 Å². The summed E-state index contributed by atoms with van der Waals surface area (Å²) in [5, 5.41) is 0. The lowest BCUT2D eigenvalue weighted by atomic mass is 9.91. The molecule has 1 saturated carbocycles. The van der Waals surface area contributed by atoms with E-state index in [0.717, 1.165) is 18.4 Å². The van der Waals surface area contributed by atoms with Crippen LogP contribution in [0.4, 0.5) is 18.0 Å². The molecule has 0 aromatic heterocycles. The van der Waals surface area contributed by atoms with Crippen LogP contribution >= 0.6 is 0 Å². The Morgan fingerprint density at radius 1 is 1.18 bits per heavy atom. The van der Waals surface area contributed by atoms with Crippen LogP contribution in [0.3, 0.4) is 0 Å². The summed E-state index contributed by atoms with van der Waals surface area (Å²) >= 11 is 0. The van der Waals surface area contributed by atoms with E-state index in [2.05, 4.69) is 4.18 Å². The number of hydrogen-bond donors (Lipinski definition) is 0. The Bertz CT molecular complexity index is 885. The Balaban J connectivity index is 1.84. The first-order chi connectivity index (χ1) is 12.7. The first kappa shape index (κ1) is 20.8. The minimum Gasteiger partial charge on any atom is -0.444 e. The quantitative estimate of drug-likeness (QED) is 0.537. The lowest BCUT2D eigenvalue weighted by Gasteiger charge is -2.28. The van der Waals surface area contributed by atoms with Gasteiger partial charge in [-0.25, -0.2) is 4.79 Å². The van der Waals surface area contributed by atoms with E-state index in [1.54, 1.807) is 31.7 Å². The largest absolute Gasteiger partial charge is 0.534 e. The van der Waals surface area contributed by atoms with E-state index >= 15 is 0 Å². The van der Waals surface area contributed by atoms with E-state index in [9.17, 15) is 26.4 Å². The number of alkyl halides is 3. The van der Waals surface area contributed by atoms with E-state index in [4.69, 9.17) is 4.74 Å². The molecule has 1 spiro atoms. The highest BCUT2D eigenvalue weighted by atomic mass is 32.2.